The van der Waals surface area contributed by atoms with Crippen LogP contribution in [0.2, 0.25) is 0 Å². The second-order valence-corrected chi connectivity index (χ2v) is 4.80. The van der Waals surface area contributed by atoms with E-state index in [-0.39, 0.29) is 10.6 Å². The monoisotopic (exact) mass is 269 g/mol. The van der Waals surface area contributed by atoms with Gasteiger partial charge in [-0.15, -0.1) is 0 Å². The molecule has 1 rings (SSSR count). The van der Waals surface area contributed by atoms with Gasteiger partial charge in [-0.3, -0.25) is 10.1 Å². The minimum atomic E-state index is -0.368. The topological polar surface area (TPSA) is 85.0 Å². The molecule has 2 N–H and O–H groups in total. The molecule has 7 nitrogen and oxygen atoms in total. The molecule has 7 heteroatoms. The Morgan fingerprint density at radius 2 is 2.11 bits per heavy atom. The number of aryl methyl sites for hydroxylation is 2. The lowest BCUT2D eigenvalue weighted by atomic mass is 10.3. The highest BCUT2D eigenvalue weighted by atomic mass is 16.6. The molecule has 19 heavy (non-hydrogen) atoms. The Kier molecular flexibility index (Phi) is 5.75. The Bertz CT molecular complexity index is 428. The molecule has 0 spiro atoms. The zero-order valence-corrected chi connectivity index (χ0v) is 12.1. The number of aromatic nitrogens is 2. The molecular weight excluding hydrogens is 246 g/mol. The molecule has 1 aromatic rings. The maximum Gasteiger partial charge on any atom is 0.333 e. The summed E-state index contributed by atoms with van der Waals surface area (Å²) in [7, 11) is 0. The summed E-state index contributed by atoms with van der Waals surface area (Å²) in [6.45, 7) is 9.88. The quantitative estimate of drug-likeness (QED) is 0.428. The maximum atomic E-state index is 11.1. The third-order valence-corrected chi connectivity index (χ3v) is 2.68. The lowest BCUT2D eigenvalue weighted by Gasteiger charge is -2.10. The van der Waals surface area contributed by atoms with E-state index in [1.165, 1.54) is 0 Å². The van der Waals surface area contributed by atoms with Crippen LogP contribution in [0.1, 0.15) is 32.9 Å². The van der Waals surface area contributed by atoms with E-state index in [0.29, 0.717) is 30.6 Å². The van der Waals surface area contributed by atoms with Crippen LogP contribution in [0.25, 0.3) is 0 Å². The Labute approximate surface area is 113 Å². The first-order valence-corrected chi connectivity index (χ1v) is 6.66. The Balaban J connectivity index is 2.80. The fourth-order valence-electron chi connectivity index (χ4n) is 1.88. The molecule has 0 fully saturated rings. The highest BCUT2D eigenvalue weighted by Gasteiger charge is 2.24. The van der Waals surface area contributed by atoms with E-state index < -0.39 is 0 Å². The Hall–Kier alpha value is -1.63. The van der Waals surface area contributed by atoms with E-state index in [4.69, 9.17) is 0 Å². The van der Waals surface area contributed by atoms with Gasteiger partial charge in [0.1, 0.15) is 5.69 Å². The molecule has 0 atom stereocenters. The summed E-state index contributed by atoms with van der Waals surface area (Å²) in [5.41, 5.74) is 0.538. The second-order valence-electron chi connectivity index (χ2n) is 4.80. The van der Waals surface area contributed by atoms with E-state index in [2.05, 4.69) is 29.6 Å². The SMILES string of the molecule is CCCn1nc(C)c([N+](=O)[O-])c1NCCNC(C)C. The number of rotatable bonds is 8. The van der Waals surface area contributed by atoms with Crippen LogP contribution in [0.3, 0.4) is 0 Å². The van der Waals surface area contributed by atoms with Crippen molar-refractivity contribution in [2.45, 2.75) is 46.7 Å². The largest absolute Gasteiger partial charge is 0.363 e. The summed E-state index contributed by atoms with van der Waals surface area (Å²) in [6, 6.07) is 0.402. The summed E-state index contributed by atoms with van der Waals surface area (Å²) in [5, 5.41) is 21.7. The van der Waals surface area contributed by atoms with Gasteiger partial charge in [0.25, 0.3) is 0 Å². The average molecular weight is 269 g/mol. The van der Waals surface area contributed by atoms with Gasteiger partial charge in [0.2, 0.25) is 5.82 Å². The summed E-state index contributed by atoms with van der Waals surface area (Å²) in [5.74, 6) is 0.509. The van der Waals surface area contributed by atoms with Gasteiger partial charge in [-0.2, -0.15) is 5.10 Å². The fourth-order valence-corrected chi connectivity index (χ4v) is 1.88. The van der Waals surface area contributed by atoms with Crippen molar-refractivity contribution in [2.75, 3.05) is 18.4 Å². The van der Waals surface area contributed by atoms with Crippen molar-refractivity contribution in [3.63, 3.8) is 0 Å². The van der Waals surface area contributed by atoms with E-state index in [1.54, 1.807) is 11.6 Å². The van der Waals surface area contributed by atoms with Gasteiger partial charge >= 0.3 is 5.69 Å². The van der Waals surface area contributed by atoms with Crippen LogP contribution in [-0.2, 0) is 6.54 Å². The van der Waals surface area contributed by atoms with Gasteiger partial charge in [-0.05, 0) is 13.3 Å². The van der Waals surface area contributed by atoms with Crippen LogP contribution in [0.5, 0.6) is 0 Å². The molecule has 0 bridgehead atoms. The number of nitrogens with zero attached hydrogens (tertiary/aromatic N) is 3. The third kappa shape index (κ3) is 4.20. The van der Waals surface area contributed by atoms with E-state index in [0.717, 1.165) is 13.0 Å². The summed E-state index contributed by atoms with van der Waals surface area (Å²) < 4.78 is 1.68. The van der Waals surface area contributed by atoms with Gasteiger partial charge in [0, 0.05) is 25.7 Å². The van der Waals surface area contributed by atoms with Gasteiger partial charge in [-0.1, -0.05) is 20.8 Å². The number of anilines is 1. The summed E-state index contributed by atoms with van der Waals surface area (Å²) in [4.78, 5) is 10.7. The van der Waals surface area contributed by atoms with Crippen molar-refractivity contribution < 1.29 is 4.92 Å². The van der Waals surface area contributed by atoms with Crippen LogP contribution in [-0.4, -0.2) is 33.8 Å². The molecule has 0 unspecified atom stereocenters. The van der Waals surface area contributed by atoms with Crippen LogP contribution < -0.4 is 10.6 Å². The minimum Gasteiger partial charge on any atom is -0.363 e. The number of hydrogen-bond donors (Lipinski definition) is 2. The first kappa shape index (κ1) is 15.4. The molecular formula is C12H23N5O2. The van der Waals surface area contributed by atoms with Crippen molar-refractivity contribution in [2.24, 2.45) is 0 Å². The van der Waals surface area contributed by atoms with E-state index in [1.807, 2.05) is 6.92 Å². The van der Waals surface area contributed by atoms with Crippen molar-refractivity contribution in [3.8, 4) is 0 Å². The van der Waals surface area contributed by atoms with Crippen molar-refractivity contribution in [1.82, 2.24) is 15.1 Å². The molecule has 0 aliphatic rings. The molecule has 1 aromatic heterocycles. The van der Waals surface area contributed by atoms with Gasteiger partial charge in [0.05, 0.1) is 4.92 Å². The van der Waals surface area contributed by atoms with Crippen LogP contribution in [0.4, 0.5) is 11.5 Å². The molecule has 0 aliphatic carbocycles. The maximum absolute atomic E-state index is 11.1. The molecule has 1 heterocycles. The van der Waals surface area contributed by atoms with Gasteiger partial charge in [0.15, 0.2) is 0 Å². The Morgan fingerprint density at radius 1 is 1.42 bits per heavy atom. The van der Waals surface area contributed by atoms with E-state index >= 15 is 0 Å². The molecule has 0 saturated carbocycles. The number of hydrogen-bond acceptors (Lipinski definition) is 5. The zero-order valence-electron chi connectivity index (χ0n) is 12.1. The first-order valence-electron chi connectivity index (χ1n) is 6.66. The average Bonchev–Trinajstić information content (AvgIpc) is 2.61. The van der Waals surface area contributed by atoms with Gasteiger partial charge in [-0.25, -0.2) is 4.68 Å². The van der Waals surface area contributed by atoms with Crippen LogP contribution >= 0.6 is 0 Å². The van der Waals surface area contributed by atoms with Crippen molar-refractivity contribution in [1.29, 1.82) is 0 Å². The zero-order chi connectivity index (χ0) is 14.4. The van der Waals surface area contributed by atoms with E-state index in [9.17, 15) is 10.1 Å². The third-order valence-electron chi connectivity index (χ3n) is 2.68. The van der Waals surface area contributed by atoms with Crippen molar-refractivity contribution in [3.05, 3.63) is 15.8 Å². The number of nitrogens with one attached hydrogen (secondary N) is 2. The predicted octanol–water partition coefficient (Wildman–Crippen LogP) is 1.92. The molecule has 108 valence electrons. The summed E-state index contributed by atoms with van der Waals surface area (Å²) in [6.07, 6.45) is 0.886. The first-order chi connectivity index (χ1) is 8.97. The second kappa shape index (κ2) is 7.08. The standard InChI is InChI=1S/C12H23N5O2/c1-5-8-16-12(14-7-6-13-9(2)3)11(17(18)19)10(4)15-16/h9,13-14H,5-8H2,1-4H3. The van der Waals surface area contributed by atoms with Crippen LogP contribution in [0, 0.1) is 17.0 Å². The molecule has 0 saturated heterocycles. The predicted molar refractivity (Wildman–Crippen MR) is 75.5 cm³/mol. The highest BCUT2D eigenvalue weighted by Crippen LogP contribution is 2.28. The molecule has 0 radical (unpaired) electrons. The summed E-state index contributed by atoms with van der Waals surface area (Å²) >= 11 is 0. The van der Waals surface area contributed by atoms with Crippen LogP contribution in [0.15, 0.2) is 0 Å². The minimum absolute atomic E-state index is 0.0815. The smallest absolute Gasteiger partial charge is 0.333 e. The molecule has 0 aromatic carbocycles. The number of nitro groups is 1. The highest BCUT2D eigenvalue weighted by molar-refractivity contribution is 5.59. The lowest BCUT2D eigenvalue weighted by molar-refractivity contribution is -0.384. The Morgan fingerprint density at radius 3 is 2.63 bits per heavy atom. The molecule has 0 aliphatic heterocycles. The van der Waals surface area contributed by atoms with Crippen molar-refractivity contribution >= 4 is 11.5 Å². The normalized spacial score (nSPS) is 11.0. The fraction of sp³-hybridized carbons (Fsp3) is 0.750. The lowest BCUT2D eigenvalue weighted by Crippen LogP contribution is -2.28. The van der Waals surface area contributed by atoms with Gasteiger partial charge < -0.3 is 10.6 Å². The molecule has 0 amide bonds.